The number of carboxylic acids is 1. The van der Waals surface area contributed by atoms with E-state index in [4.69, 9.17) is 15.1 Å². The molecule has 0 radical (unpaired) electrons. The molecule has 5 nitrogen and oxygen atoms in total. The average molecular weight is 295 g/mol. The minimum atomic E-state index is -1.54. The molecule has 0 saturated carbocycles. The lowest BCUT2D eigenvalue weighted by Crippen LogP contribution is -2.31. The van der Waals surface area contributed by atoms with Crippen LogP contribution in [-0.4, -0.2) is 27.6 Å². The van der Waals surface area contributed by atoms with Crippen LogP contribution in [0.2, 0.25) is 0 Å². The third-order valence-corrected chi connectivity index (χ3v) is 4.76. The molecule has 0 amide bonds. The summed E-state index contributed by atoms with van der Waals surface area (Å²) >= 11 is 0. The van der Waals surface area contributed by atoms with Crippen molar-refractivity contribution in [2.24, 2.45) is 5.92 Å². The Bertz CT molecular complexity index is 563. The first-order valence-corrected chi connectivity index (χ1v) is 7.46. The minimum Gasteiger partial charge on any atom is -0.495 e. The van der Waals surface area contributed by atoms with E-state index in [1.54, 1.807) is 32.0 Å². The Kier molecular flexibility index (Phi) is 5.71. The van der Waals surface area contributed by atoms with Crippen molar-refractivity contribution in [2.75, 3.05) is 7.11 Å². The lowest BCUT2D eigenvalue weighted by molar-refractivity contribution is -0.137. The maximum Gasteiger partial charge on any atom is 0.319 e. The molecule has 108 valence electrons. The number of methoxy groups -OCH3 is 1. The van der Waals surface area contributed by atoms with Crippen molar-refractivity contribution in [3.63, 3.8) is 0 Å². The molecular weight excluding hydrogens is 278 g/mol. The molecule has 0 saturated heterocycles. The summed E-state index contributed by atoms with van der Waals surface area (Å²) in [7, 11) is -0.0721. The Hall–Kier alpha value is -1.87. The number of nitrogens with zero attached hydrogens (tertiary/aromatic N) is 1. The largest absolute Gasteiger partial charge is 0.495 e. The smallest absolute Gasteiger partial charge is 0.319 e. The van der Waals surface area contributed by atoms with E-state index in [0.29, 0.717) is 16.9 Å². The summed E-state index contributed by atoms with van der Waals surface area (Å²) in [6.45, 7) is 3.46. The van der Waals surface area contributed by atoms with Gasteiger partial charge in [-0.25, -0.2) is 0 Å². The highest BCUT2D eigenvalue weighted by molar-refractivity contribution is 7.85. The van der Waals surface area contributed by atoms with Gasteiger partial charge in [0.25, 0.3) is 0 Å². The number of hydrogen-bond acceptors (Lipinski definition) is 4. The molecule has 0 bridgehead atoms. The van der Waals surface area contributed by atoms with Gasteiger partial charge in [0.05, 0.1) is 12.7 Å². The van der Waals surface area contributed by atoms with E-state index < -0.39 is 22.0 Å². The third kappa shape index (κ3) is 3.81. The molecule has 6 heteroatoms. The molecule has 0 fully saturated rings. The molecule has 0 aliphatic carbocycles. The first-order chi connectivity index (χ1) is 9.40. The summed E-state index contributed by atoms with van der Waals surface area (Å²) in [5.74, 6) is -0.733. The van der Waals surface area contributed by atoms with Gasteiger partial charge in [-0.3, -0.25) is 9.00 Å². The monoisotopic (exact) mass is 295 g/mol. The summed E-state index contributed by atoms with van der Waals surface area (Å²) in [6.07, 6.45) is 0. The number of aliphatic carboxylic acids is 1. The first-order valence-electron chi connectivity index (χ1n) is 6.07. The van der Waals surface area contributed by atoms with E-state index in [1.807, 2.05) is 6.07 Å². The maximum absolute atomic E-state index is 12.2. The molecule has 0 aliphatic heterocycles. The summed E-state index contributed by atoms with van der Waals surface area (Å²) in [4.78, 5) is 11.1. The van der Waals surface area contributed by atoms with E-state index in [0.717, 1.165) is 0 Å². The quantitative estimate of drug-likeness (QED) is 0.866. The van der Waals surface area contributed by atoms with Crippen LogP contribution in [0, 0.1) is 17.2 Å². The molecule has 1 rings (SSSR count). The number of rotatable bonds is 6. The maximum atomic E-state index is 12.2. The lowest BCUT2D eigenvalue weighted by atomic mass is 10.1. The third-order valence-electron chi connectivity index (χ3n) is 2.83. The zero-order valence-electron chi connectivity index (χ0n) is 11.6. The van der Waals surface area contributed by atoms with Crippen LogP contribution in [-0.2, 0) is 21.3 Å². The van der Waals surface area contributed by atoms with E-state index in [9.17, 15) is 9.00 Å². The van der Waals surface area contributed by atoms with Crippen LogP contribution in [0.1, 0.15) is 25.0 Å². The summed E-state index contributed by atoms with van der Waals surface area (Å²) in [6, 6.07) is 6.89. The fraction of sp³-hybridized carbons (Fsp3) is 0.429. The highest BCUT2D eigenvalue weighted by atomic mass is 32.2. The zero-order chi connectivity index (χ0) is 15.3. The topological polar surface area (TPSA) is 87.4 Å². The molecule has 0 heterocycles. The first kappa shape index (κ1) is 16.2. The van der Waals surface area contributed by atoms with Crippen LogP contribution in [0.4, 0.5) is 0 Å². The molecular formula is C14H17NO4S. The van der Waals surface area contributed by atoms with Crippen molar-refractivity contribution in [3.8, 4) is 11.8 Å². The number of benzene rings is 1. The van der Waals surface area contributed by atoms with Gasteiger partial charge in [0.2, 0.25) is 0 Å². The fourth-order valence-corrected chi connectivity index (χ4v) is 3.41. The predicted octanol–water partition coefficient (Wildman–Crippen LogP) is 1.92. The number of ether oxygens (including phenoxy) is 1. The molecule has 0 aromatic heterocycles. The molecule has 2 unspecified atom stereocenters. The summed E-state index contributed by atoms with van der Waals surface area (Å²) in [5, 5.41) is 17.2. The van der Waals surface area contributed by atoms with Gasteiger partial charge < -0.3 is 9.84 Å². The van der Waals surface area contributed by atoms with E-state index in [2.05, 4.69) is 0 Å². The van der Waals surface area contributed by atoms with Crippen LogP contribution in [0.15, 0.2) is 18.2 Å². The predicted molar refractivity (Wildman–Crippen MR) is 75.8 cm³/mol. The second kappa shape index (κ2) is 7.06. The second-order valence-corrected chi connectivity index (χ2v) is 6.23. The molecule has 1 aromatic carbocycles. The SMILES string of the molecule is COc1ccc(CS(=O)C(C(=O)O)C(C)C)cc1C#N. The van der Waals surface area contributed by atoms with Gasteiger partial charge in [-0.2, -0.15) is 5.26 Å². The van der Waals surface area contributed by atoms with Crippen molar-refractivity contribution in [2.45, 2.75) is 24.9 Å². The van der Waals surface area contributed by atoms with E-state index >= 15 is 0 Å². The van der Waals surface area contributed by atoms with Gasteiger partial charge in [0.15, 0.2) is 0 Å². The molecule has 1 N–H and O–H groups in total. The normalized spacial score (nSPS) is 13.6. The highest BCUT2D eigenvalue weighted by Crippen LogP contribution is 2.21. The van der Waals surface area contributed by atoms with Crippen LogP contribution < -0.4 is 4.74 Å². The number of nitriles is 1. The average Bonchev–Trinajstić information content (AvgIpc) is 2.37. The van der Waals surface area contributed by atoms with Crippen molar-refractivity contribution in [1.82, 2.24) is 0 Å². The minimum absolute atomic E-state index is 0.105. The Balaban J connectivity index is 2.96. The van der Waals surface area contributed by atoms with Crippen molar-refractivity contribution in [1.29, 1.82) is 5.26 Å². The second-order valence-electron chi connectivity index (χ2n) is 4.67. The Morgan fingerprint density at radius 3 is 2.60 bits per heavy atom. The van der Waals surface area contributed by atoms with E-state index in [1.165, 1.54) is 7.11 Å². The van der Waals surface area contributed by atoms with Crippen LogP contribution in [0.3, 0.4) is 0 Å². The number of carbonyl (C=O) groups is 1. The van der Waals surface area contributed by atoms with Gasteiger partial charge in [-0.05, 0) is 23.6 Å². The van der Waals surface area contributed by atoms with Crippen LogP contribution in [0.25, 0.3) is 0 Å². The van der Waals surface area contributed by atoms with Gasteiger partial charge in [0, 0.05) is 16.6 Å². The summed E-state index contributed by atoms with van der Waals surface area (Å²) in [5.41, 5.74) is 1.01. The lowest BCUT2D eigenvalue weighted by Gasteiger charge is -2.16. The number of hydrogen-bond donors (Lipinski definition) is 1. The van der Waals surface area contributed by atoms with E-state index in [-0.39, 0.29) is 11.7 Å². The standard InChI is InChI=1S/C14H17NO4S/c1-9(2)13(14(16)17)20(18)8-10-4-5-12(19-3)11(6-10)7-15/h4-6,9,13H,8H2,1-3H3,(H,16,17). The number of carboxylic acid groups (broad SMARTS) is 1. The Labute approximate surface area is 120 Å². The van der Waals surface area contributed by atoms with Gasteiger partial charge >= 0.3 is 5.97 Å². The van der Waals surface area contributed by atoms with Crippen LogP contribution in [0.5, 0.6) is 5.75 Å². The Morgan fingerprint density at radius 1 is 1.50 bits per heavy atom. The van der Waals surface area contributed by atoms with Gasteiger partial charge in [-0.15, -0.1) is 0 Å². The molecule has 2 atom stereocenters. The van der Waals surface area contributed by atoms with Crippen molar-refractivity contribution in [3.05, 3.63) is 29.3 Å². The van der Waals surface area contributed by atoms with Gasteiger partial charge in [0.1, 0.15) is 17.1 Å². The van der Waals surface area contributed by atoms with Crippen molar-refractivity contribution < 1.29 is 18.8 Å². The molecule has 1 aromatic rings. The summed E-state index contributed by atoms with van der Waals surface area (Å²) < 4.78 is 17.2. The Morgan fingerprint density at radius 2 is 2.15 bits per heavy atom. The van der Waals surface area contributed by atoms with Gasteiger partial charge in [-0.1, -0.05) is 19.9 Å². The fourth-order valence-electron chi connectivity index (χ4n) is 1.89. The highest BCUT2D eigenvalue weighted by Gasteiger charge is 2.28. The molecule has 0 aliphatic rings. The zero-order valence-corrected chi connectivity index (χ0v) is 12.4. The van der Waals surface area contributed by atoms with Crippen molar-refractivity contribution >= 4 is 16.8 Å². The molecule has 0 spiro atoms. The molecule has 20 heavy (non-hydrogen) atoms. The van der Waals surface area contributed by atoms with Crippen LogP contribution >= 0.6 is 0 Å².